The van der Waals surface area contributed by atoms with Crippen LogP contribution in [-0.4, -0.2) is 31.1 Å². The van der Waals surface area contributed by atoms with Crippen molar-refractivity contribution in [2.75, 3.05) is 20.2 Å². The fourth-order valence-corrected chi connectivity index (χ4v) is 3.27. The first kappa shape index (κ1) is 22.7. The summed E-state index contributed by atoms with van der Waals surface area (Å²) in [5.41, 5.74) is 1.03. The molecule has 0 aliphatic carbocycles. The van der Waals surface area contributed by atoms with Gasteiger partial charge in [-0.25, -0.2) is 4.98 Å². The van der Waals surface area contributed by atoms with E-state index in [1.165, 1.54) is 4.88 Å². The van der Waals surface area contributed by atoms with Gasteiger partial charge in [0, 0.05) is 36.8 Å². The van der Waals surface area contributed by atoms with Gasteiger partial charge in [-0.2, -0.15) is 0 Å². The molecule has 2 heterocycles. The van der Waals surface area contributed by atoms with E-state index in [4.69, 9.17) is 4.74 Å². The fraction of sp³-hybridized carbons (Fsp3) is 0.474. The standard InChI is InChI=1S/C19H28N4OS.HI/c1-4-10-24-18-16(7-5-9-21-18)14-23-19(20-3)22-13-15(2)12-17-8-6-11-25-17;/h5-9,11,15H,4,10,12-14H2,1-3H3,(H2,20,22,23);1H. The zero-order valence-corrected chi connectivity index (χ0v) is 18.8. The largest absolute Gasteiger partial charge is 0.477 e. The summed E-state index contributed by atoms with van der Waals surface area (Å²) in [6, 6.07) is 8.24. The average Bonchev–Trinajstić information content (AvgIpc) is 3.13. The maximum Gasteiger partial charge on any atom is 0.218 e. The van der Waals surface area contributed by atoms with E-state index in [1.807, 2.05) is 23.5 Å². The van der Waals surface area contributed by atoms with Crippen LogP contribution in [-0.2, 0) is 13.0 Å². The molecule has 1 atom stereocenters. The van der Waals surface area contributed by atoms with Gasteiger partial charge >= 0.3 is 0 Å². The predicted octanol–water partition coefficient (Wildman–Crippen LogP) is 4.09. The summed E-state index contributed by atoms with van der Waals surface area (Å²) in [6.07, 6.45) is 3.81. The minimum Gasteiger partial charge on any atom is -0.477 e. The molecule has 0 aliphatic rings. The SMILES string of the molecule is CCCOc1ncccc1CNC(=NC)NCC(C)Cc1cccs1.I. The Morgan fingerprint density at radius 2 is 2.15 bits per heavy atom. The molecule has 0 saturated heterocycles. The monoisotopic (exact) mass is 488 g/mol. The summed E-state index contributed by atoms with van der Waals surface area (Å²) < 4.78 is 5.70. The van der Waals surface area contributed by atoms with E-state index in [2.05, 4.69) is 52.0 Å². The molecule has 0 bridgehead atoms. The smallest absolute Gasteiger partial charge is 0.218 e. The van der Waals surface area contributed by atoms with Crippen molar-refractivity contribution in [3.05, 3.63) is 46.3 Å². The zero-order valence-electron chi connectivity index (χ0n) is 15.7. The highest BCUT2D eigenvalue weighted by Crippen LogP contribution is 2.15. The highest BCUT2D eigenvalue weighted by atomic mass is 127. The number of nitrogens with zero attached hydrogens (tertiary/aromatic N) is 2. The molecule has 2 aromatic rings. The number of hydrogen-bond donors (Lipinski definition) is 2. The summed E-state index contributed by atoms with van der Waals surface area (Å²) in [4.78, 5) is 10.0. The first-order valence-corrected chi connectivity index (χ1v) is 9.64. The Bertz CT molecular complexity index is 649. The molecule has 7 heteroatoms. The summed E-state index contributed by atoms with van der Waals surface area (Å²) >= 11 is 1.81. The number of guanidine groups is 1. The molecule has 0 radical (unpaired) electrons. The topological polar surface area (TPSA) is 58.5 Å². The molecule has 0 spiro atoms. The van der Waals surface area contributed by atoms with Crippen LogP contribution in [0.1, 0.15) is 30.7 Å². The van der Waals surface area contributed by atoms with Gasteiger partial charge in [0.1, 0.15) is 0 Å². The maximum atomic E-state index is 5.70. The van der Waals surface area contributed by atoms with Crippen molar-refractivity contribution in [3.63, 3.8) is 0 Å². The number of thiophene rings is 1. The van der Waals surface area contributed by atoms with Crippen LogP contribution in [0.3, 0.4) is 0 Å². The number of aliphatic imine (C=N–C) groups is 1. The molecule has 0 amide bonds. The third kappa shape index (κ3) is 7.90. The number of pyridine rings is 1. The summed E-state index contributed by atoms with van der Waals surface area (Å²) in [5, 5.41) is 8.86. The lowest BCUT2D eigenvalue weighted by molar-refractivity contribution is 0.301. The van der Waals surface area contributed by atoms with Gasteiger partial charge in [-0.05, 0) is 36.3 Å². The Morgan fingerprint density at radius 1 is 1.31 bits per heavy atom. The van der Waals surface area contributed by atoms with E-state index in [1.54, 1.807) is 13.2 Å². The molecular weight excluding hydrogens is 459 g/mol. The van der Waals surface area contributed by atoms with Crippen LogP contribution in [0.15, 0.2) is 40.8 Å². The summed E-state index contributed by atoms with van der Waals surface area (Å²) in [7, 11) is 1.79. The lowest BCUT2D eigenvalue weighted by atomic mass is 10.1. The van der Waals surface area contributed by atoms with Crippen molar-refractivity contribution in [2.45, 2.75) is 33.2 Å². The molecule has 5 nitrogen and oxygen atoms in total. The molecule has 2 N–H and O–H groups in total. The normalized spacial score (nSPS) is 12.2. The molecule has 2 aromatic heterocycles. The lowest BCUT2D eigenvalue weighted by Gasteiger charge is -2.16. The van der Waals surface area contributed by atoms with Crippen molar-refractivity contribution in [2.24, 2.45) is 10.9 Å². The average molecular weight is 488 g/mol. The van der Waals surface area contributed by atoms with Gasteiger partial charge in [-0.3, -0.25) is 4.99 Å². The fourth-order valence-electron chi connectivity index (χ4n) is 2.40. The van der Waals surface area contributed by atoms with Crippen molar-refractivity contribution in [1.29, 1.82) is 0 Å². The molecule has 0 saturated carbocycles. The number of hydrogen-bond acceptors (Lipinski definition) is 4. The van der Waals surface area contributed by atoms with E-state index >= 15 is 0 Å². The molecule has 0 aromatic carbocycles. The van der Waals surface area contributed by atoms with Crippen molar-refractivity contribution >= 4 is 41.3 Å². The Morgan fingerprint density at radius 3 is 2.85 bits per heavy atom. The van der Waals surface area contributed by atoms with Gasteiger partial charge in [-0.1, -0.05) is 26.0 Å². The minimum absolute atomic E-state index is 0. The van der Waals surface area contributed by atoms with Gasteiger partial charge in [0.25, 0.3) is 0 Å². The van der Waals surface area contributed by atoms with Crippen LogP contribution in [0.4, 0.5) is 0 Å². The third-order valence-corrected chi connectivity index (χ3v) is 4.61. The molecular formula is C19H29IN4OS. The van der Waals surface area contributed by atoms with Crippen LogP contribution in [0, 0.1) is 5.92 Å². The number of halogens is 1. The second-order valence-electron chi connectivity index (χ2n) is 6.01. The van der Waals surface area contributed by atoms with Crippen molar-refractivity contribution in [1.82, 2.24) is 15.6 Å². The molecule has 1 unspecified atom stereocenters. The van der Waals surface area contributed by atoms with E-state index in [9.17, 15) is 0 Å². The Kier molecular flexibility index (Phi) is 11.3. The van der Waals surface area contributed by atoms with Crippen LogP contribution in [0.2, 0.25) is 0 Å². The van der Waals surface area contributed by atoms with E-state index in [0.29, 0.717) is 24.9 Å². The first-order chi connectivity index (χ1) is 12.2. The second kappa shape index (κ2) is 12.9. The first-order valence-electron chi connectivity index (χ1n) is 8.76. The molecule has 26 heavy (non-hydrogen) atoms. The van der Waals surface area contributed by atoms with E-state index < -0.39 is 0 Å². The lowest BCUT2D eigenvalue weighted by Crippen LogP contribution is -2.39. The summed E-state index contributed by atoms with van der Waals surface area (Å²) in [6.45, 7) is 6.52. The molecule has 0 aliphatic heterocycles. The van der Waals surface area contributed by atoms with Crippen molar-refractivity contribution in [3.8, 4) is 5.88 Å². The van der Waals surface area contributed by atoms with E-state index in [0.717, 1.165) is 30.9 Å². The molecule has 2 rings (SSSR count). The van der Waals surface area contributed by atoms with Crippen LogP contribution < -0.4 is 15.4 Å². The van der Waals surface area contributed by atoms with Crippen LogP contribution in [0.25, 0.3) is 0 Å². The Hall–Kier alpha value is -1.35. The highest BCUT2D eigenvalue weighted by molar-refractivity contribution is 14.0. The van der Waals surface area contributed by atoms with Gasteiger partial charge in [-0.15, -0.1) is 35.3 Å². The number of ether oxygens (including phenoxy) is 1. The Balaban J connectivity index is 0.00000338. The quantitative estimate of drug-likeness (QED) is 0.317. The third-order valence-electron chi connectivity index (χ3n) is 3.71. The zero-order chi connectivity index (χ0) is 17.9. The molecule has 144 valence electrons. The number of nitrogens with one attached hydrogen (secondary N) is 2. The van der Waals surface area contributed by atoms with Gasteiger partial charge in [0.15, 0.2) is 5.96 Å². The number of rotatable bonds is 9. The van der Waals surface area contributed by atoms with Gasteiger partial charge < -0.3 is 15.4 Å². The number of aromatic nitrogens is 1. The molecule has 0 fully saturated rings. The van der Waals surface area contributed by atoms with Crippen molar-refractivity contribution < 1.29 is 4.74 Å². The van der Waals surface area contributed by atoms with Crippen LogP contribution in [0.5, 0.6) is 5.88 Å². The Labute approximate surface area is 177 Å². The minimum atomic E-state index is 0. The highest BCUT2D eigenvalue weighted by Gasteiger charge is 2.08. The predicted molar refractivity (Wildman–Crippen MR) is 121 cm³/mol. The maximum absolute atomic E-state index is 5.70. The van der Waals surface area contributed by atoms with Gasteiger partial charge in [0.05, 0.1) is 6.61 Å². The van der Waals surface area contributed by atoms with Gasteiger partial charge in [0.2, 0.25) is 5.88 Å². The summed E-state index contributed by atoms with van der Waals surface area (Å²) in [5.74, 6) is 2.03. The van der Waals surface area contributed by atoms with E-state index in [-0.39, 0.29) is 24.0 Å². The van der Waals surface area contributed by atoms with Crippen LogP contribution >= 0.6 is 35.3 Å². The second-order valence-corrected chi connectivity index (χ2v) is 7.04.